The van der Waals surface area contributed by atoms with Crippen molar-refractivity contribution in [3.63, 3.8) is 0 Å². The van der Waals surface area contributed by atoms with E-state index in [1.54, 1.807) is 13.3 Å². The van der Waals surface area contributed by atoms with Crippen molar-refractivity contribution in [1.82, 2.24) is 15.0 Å². The molecule has 1 aromatic carbocycles. The fraction of sp³-hybridized carbons (Fsp3) is 0.200. The van der Waals surface area contributed by atoms with Crippen LogP contribution in [0.5, 0.6) is 11.5 Å². The highest BCUT2D eigenvalue weighted by atomic mass is 35.5. The van der Waals surface area contributed by atoms with Gasteiger partial charge in [0.15, 0.2) is 5.65 Å². The van der Waals surface area contributed by atoms with Gasteiger partial charge in [-0.25, -0.2) is 9.97 Å². The summed E-state index contributed by atoms with van der Waals surface area (Å²) in [6.07, 6.45) is 1.73. The molecule has 110 valence electrons. The van der Waals surface area contributed by atoms with Gasteiger partial charge in [0.2, 0.25) is 0 Å². The first-order chi connectivity index (χ1) is 9.81. The van der Waals surface area contributed by atoms with Gasteiger partial charge in [-0.2, -0.15) is 0 Å². The second-order valence-electron chi connectivity index (χ2n) is 4.26. The zero-order valence-corrected chi connectivity index (χ0v) is 12.6. The highest BCUT2D eigenvalue weighted by Crippen LogP contribution is 2.32. The highest BCUT2D eigenvalue weighted by Gasteiger charge is 2.12. The average molecular weight is 306 g/mol. The fourth-order valence-corrected chi connectivity index (χ4v) is 2.07. The summed E-state index contributed by atoms with van der Waals surface area (Å²) >= 11 is 0. The number of rotatable bonds is 4. The number of methoxy groups -OCH3 is 1. The first-order valence-corrected chi connectivity index (χ1v) is 6.43. The van der Waals surface area contributed by atoms with Crippen molar-refractivity contribution < 1.29 is 9.47 Å². The van der Waals surface area contributed by atoms with Crippen LogP contribution in [0.15, 0.2) is 36.5 Å². The number of aromatic amines is 1. The third kappa shape index (κ3) is 2.92. The van der Waals surface area contributed by atoms with Crippen LogP contribution in [0.1, 0.15) is 6.92 Å². The molecule has 6 heteroatoms. The Bertz CT molecular complexity index is 710. The van der Waals surface area contributed by atoms with E-state index >= 15 is 0 Å². The smallest absolute Gasteiger partial charge is 0.178 e. The molecule has 3 rings (SSSR count). The maximum atomic E-state index is 5.67. The summed E-state index contributed by atoms with van der Waals surface area (Å²) in [4.78, 5) is 12.0. The molecule has 5 nitrogen and oxygen atoms in total. The zero-order chi connectivity index (χ0) is 13.9. The summed E-state index contributed by atoms with van der Waals surface area (Å²) in [5.74, 6) is 2.24. The Kier molecular flexibility index (Phi) is 4.65. The lowest BCUT2D eigenvalue weighted by Gasteiger charge is -2.10. The van der Waals surface area contributed by atoms with E-state index in [4.69, 9.17) is 9.47 Å². The van der Waals surface area contributed by atoms with Crippen LogP contribution in [-0.2, 0) is 0 Å². The molecule has 0 bridgehead atoms. The monoisotopic (exact) mass is 305 g/mol. The number of benzene rings is 1. The molecule has 2 heterocycles. The molecule has 21 heavy (non-hydrogen) atoms. The molecule has 0 aliphatic carbocycles. The van der Waals surface area contributed by atoms with E-state index in [1.807, 2.05) is 37.3 Å². The molecule has 0 amide bonds. The van der Waals surface area contributed by atoms with Gasteiger partial charge in [0.1, 0.15) is 17.3 Å². The van der Waals surface area contributed by atoms with Gasteiger partial charge >= 0.3 is 0 Å². The maximum Gasteiger partial charge on any atom is 0.178 e. The molecule has 0 fully saturated rings. The van der Waals surface area contributed by atoms with Gasteiger partial charge < -0.3 is 14.5 Å². The van der Waals surface area contributed by atoms with E-state index in [9.17, 15) is 0 Å². The quantitative estimate of drug-likeness (QED) is 0.802. The lowest BCUT2D eigenvalue weighted by Crippen LogP contribution is -1.96. The van der Waals surface area contributed by atoms with Crippen molar-refractivity contribution >= 4 is 23.6 Å². The van der Waals surface area contributed by atoms with Crippen molar-refractivity contribution in [2.45, 2.75) is 6.92 Å². The lowest BCUT2D eigenvalue weighted by atomic mass is 10.2. The third-order valence-electron chi connectivity index (χ3n) is 3.00. The number of imidazole rings is 1. The van der Waals surface area contributed by atoms with E-state index in [0.29, 0.717) is 12.3 Å². The Morgan fingerprint density at radius 3 is 2.81 bits per heavy atom. The predicted octanol–water partition coefficient (Wildman–Crippen LogP) is 3.45. The molecule has 1 N–H and O–H groups in total. The van der Waals surface area contributed by atoms with Crippen molar-refractivity contribution in [3.8, 4) is 22.9 Å². The molecular formula is C15H16ClN3O2. The molecular weight excluding hydrogens is 290 g/mol. The molecule has 0 saturated carbocycles. The largest absolute Gasteiger partial charge is 0.497 e. The number of nitrogens with zero attached hydrogens (tertiary/aromatic N) is 2. The number of pyridine rings is 1. The predicted molar refractivity (Wildman–Crippen MR) is 84.3 cm³/mol. The summed E-state index contributed by atoms with van der Waals surface area (Å²) in [6, 6.07) is 9.50. The SMILES string of the molecule is CCOc1cc(OC)ccc1-c1nc2ncccc2[nH]1.Cl. The summed E-state index contributed by atoms with van der Waals surface area (Å²) in [7, 11) is 1.63. The van der Waals surface area contributed by atoms with Crippen LogP contribution in [0, 0.1) is 0 Å². The number of nitrogens with one attached hydrogen (secondary N) is 1. The molecule has 0 atom stereocenters. The van der Waals surface area contributed by atoms with Gasteiger partial charge in [-0.1, -0.05) is 0 Å². The zero-order valence-electron chi connectivity index (χ0n) is 11.8. The van der Waals surface area contributed by atoms with Crippen molar-refractivity contribution in [2.75, 3.05) is 13.7 Å². The Labute approximate surface area is 128 Å². The summed E-state index contributed by atoms with van der Waals surface area (Å²) in [5, 5.41) is 0. The molecule has 0 radical (unpaired) electrons. The minimum atomic E-state index is 0. The summed E-state index contributed by atoms with van der Waals surface area (Å²) in [6.45, 7) is 2.53. The van der Waals surface area contributed by atoms with E-state index < -0.39 is 0 Å². The van der Waals surface area contributed by atoms with E-state index in [0.717, 1.165) is 28.4 Å². The fourth-order valence-electron chi connectivity index (χ4n) is 2.07. The number of aromatic nitrogens is 3. The van der Waals surface area contributed by atoms with Crippen LogP contribution >= 0.6 is 12.4 Å². The molecule has 0 spiro atoms. The topological polar surface area (TPSA) is 60.0 Å². The Morgan fingerprint density at radius 1 is 1.24 bits per heavy atom. The van der Waals surface area contributed by atoms with Crippen molar-refractivity contribution in [2.24, 2.45) is 0 Å². The van der Waals surface area contributed by atoms with E-state index in [-0.39, 0.29) is 12.4 Å². The van der Waals surface area contributed by atoms with Gasteiger partial charge in [0.25, 0.3) is 0 Å². The second-order valence-corrected chi connectivity index (χ2v) is 4.26. The van der Waals surface area contributed by atoms with Crippen LogP contribution in [0.4, 0.5) is 0 Å². The van der Waals surface area contributed by atoms with Crippen LogP contribution in [0.3, 0.4) is 0 Å². The number of halogens is 1. The Hall–Kier alpha value is -2.27. The molecule has 0 aliphatic heterocycles. The van der Waals surface area contributed by atoms with Gasteiger partial charge in [-0.3, -0.25) is 0 Å². The van der Waals surface area contributed by atoms with Crippen LogP contribution in [-0.4, -0.2) is 28.7 Å². The Balaban J connectivity index is 0.00000161. The molecule has 0 aliphatic rings. The van der Waals surface area contributed by atoms with Crippen LogP contribution in [0.25, 0.3) is 22.6 Å². The minimum absolute atomic E-state index is 0. The van der Waals surface area contributed by atoms with Crippen molar-refractivity contribution in [3.05, 3.63) is 36.5 Å². The summed E-state index contributed by atoms with van der Waals surface area (Å²) in [5.41, 5.74) is 2.49. The van der Waals surface area contributed by atoms with Gasteiger partial charge in [0.05, 0.1) is 24.8 Å². The standard InChI is InChI=1S/C15H15N3O2.ClH/c1-3-20-13-9-10(19-2)6-7-11(13)14-17-12-5-4-8-16-15(12)18-14;/h4-9H,3H2,1-2H3,(H,16,17,18);1H. The van der Waals surface area contributed by atoms with E-state index in [1.165, 1.54) is 0 Å². The number of fused-ring (bicyclic) bond motifs is 1. The highest BCUT2D eigenvalue weighted by molar-refractivity contribution is 5.85. The third-order valence-corrected chi connectivity index (χ3v) is 3.00. The molecule has 2 aromatic heterocycles. The number of hydrogen-bond donors (Lipinski definition) is 1. The maximum absolute atomic E-state index is 5.67. The first-order valence-electron chi connectivity index (χ1n) is 6.43. The number of hydrogen-bond acceptors (Lipinski definition) is 4. The minimum Gasteiger partial charge on any atom is -0.497 e. The number of H-pyrrole nitrogens is 1. The second kappa shape index (κ2) is 6.45. The van der Waals surface area contributed by atoms with Crippen LogP contribution < -0.4 is 9.47 Å². The molecule has 3 aromatic rings. The lowest BCUT2D eigenvalue weighted by molar-refractivity contribution is 0.337. The molecule has 0 unspecified atom stereocenters. The first kappa shape index (κ1) is 15.1. The van der Waals surface area contributed by atoms with Gasteiger partial charge in [-0.15, -0.1) is 12.4 Å². The average Bonchev–Trinajstić information content (AvgIpc) is 2.91. The number of ether oxygens (including phenoxy) is 2. The van der Waals surface area contributed by atoms with Gasteiger partial charge in [-0.05, 0) is 31.2 Å². The summed E-state index contributed by atoms with van der Waals surface area (Å²) < 4.78 is 10.9. The Morgan fingerprint density at radius 2 is 2.10 bits per heavy atom. The van der Waals surface area contributed by atoms with E-state index in [2.05, 4.69) is 15.0 Å². The normalized spacial score (nSPS) is 10.2. The van der Waals surface area contributed by atoms with Gasteiger partial charge in [0, 0.05) is 12.3 Å². The van der Waals surface area contributed by atoms with Crippen molar-refractivity contribution in [1.29, 1.82) is 0 Å². The molecule has 0 saturated heterocycles. The van der Waals surface area contributed by atoms with Crippen LogP contribution in [0.2, 0.25) is 0 Å².